The second-order valence-corrected chi connectivity index (χ2v) is 6.69. The van der Waals surface area contributed by atoms with Crippen molar-refractivity contribution in [1.82, 2.24) is 9.99 Å². The number of nitrogens with zero attached hydrogens (tertiary/aromatic N) is 1. The monoisotopic (exact) mass is 343 g/mol. The summed E-state index contributed by atoms with van der Waals surface area (Å²) in [5, 5.41) is 3.03. The van der Waals surface area contributed by atoms with Crippen molar-refractivity contribution in [3.63, 3.8) is 0 Å². The molecule has 2 aromatic rings. The van der Waals surface area contributed by atoms with Crippen LogP contribution >= 0.6 is 0 Å². The number of rotatable bonds is 4. The van der Waals surface area contributed by atoms with Crippen LogP contribution in [0.1, 0.15) is 52.5 Å². The van der Waals surface area contributed by atoms with E-state index in [0.717, 1.165) is 29.5 Å². The molecule has 0 bridgehead atoms. The van der Waals surface area contributed by atoms with Gasteiger partial charge in [-0.3, -0.25) is 9.59 Å². The zero-order valence-electron chi connectivity index (χ0n) is 14.4. The summed E-state index contributed by atoms with van der Waals surface area (Å²) >= 11 is 0. The molecular weight excluding hydrogens is 321 g/mol. The number of carbonyl (C=O) groups excluding carboxylic acids is 1. The van der Waals surface area contributed by atoms with Gasteiger partial charge in [0.1, 0.15) is 5.82 Å². The summed E-state index contributed by atoms with van der Waals surface area (Å²) in [5.41, 5.74) is 1.78. The van der Waals surface area contributed by atoms with Gasteiger partial charge in [0.05, 0.1) is 17.3 Å². The predicted molar refractivity (Wildman–Crippen MR) is 94.3 cm³/mol. The number of carbonyl (C=O) groups is 1. The molecule has 0 spiro atoms. The molecule has 0 unspecified atom stereocenters. The first-order valence-corrected chi connectivity index (χ1v) is 8.43. The largest absolute Gasteiger partial charge is 0.345 e. The van der Waals surface area contributed by atoms with Crippen LogP contribution in [-0.2, 0) is 0 Å². The van der Waals surface area contributed by atoms with Crippen molar-refractivity contribution in [2.45, 2.75) is 39.2 Å². The van der Waals surface area contributed by atoms with Crippen molar-refractivity contribution in [3.8, 4) is 0 Å². The van der Waals surface area contributed by atoms with Crippen LogP contribution in [0.4, 0.5) is 4.39 Å². The summed E-state index contributed by atoms with van der Waals surface area (Å²) in [7, 11) is 0. The number of hydrogen-bond donors (Lipinski definition) is 2. The third kappa shape index (κ3) is 3.29. The molecule has 5 nitrogen and oxygen atoms in total. The number of hydrogen-bond acceptors (Lipinski definition) is 3. The van der Waals surface area contributed by atoms with E-state index < -0.39 is 0 Å². The first-order valence-electron chi connectivity index (χ1n) is 8.43. The third-order valence-electron chi connectivity index (χ3n) is 5.04. The van der Waals surface area contributed by atoms with Crippen molar-refractivity contribution >= 4 is 5.91 Å². The van der Waals surface area contributed by atoms with Crippen LogP contribution in [0, 0.1) is 25.6 Å². The van der Waals surface area contributed by atoms with Gasteiger partial charge in [0.2, 0.25) is 0 Å². The zero-order chi connectivity index (χ0) is 18.1. The van der Waals surface area contributed by atoms with Crippen molar-refractivity contribution in [2.75, 3.05) is 5.84 Å². The molecule has 1 aromatic carbocycles. The van der Waals surface area contributed by atoms with E-state index in [0.29, 0.717) is 16.8 Å². The third-order valence-corrected chi connectivity index (χ3v) is 5.04. The van der Waals surface area contributed by atoms with Gasteiger partial charge in [0, 0.05) is 6.07 Å². The summed E-state index contributed by atoms with van der Waals surface area (Å²) in [6.45, 7) is 3.35. The maximum atomic E-state index is 13.6. The number of pyridine rings is 1. The molecule has 3 N–H and O–H groups in total. The quantitative estimate of drug-likeness (QED) is 0.838. The van der Waals surface area contributed by atoms with E-state index in [9.17, 15) is 14.0 Å². The van der Waals surface area contributed by atoms with Gasteiger partial charge in [0.25, 0.3) is 11.5 Å². The van der Waals surface area contributed by atoms with E-state index in [4.69, 9.17) is 5.84 Å². The Morgan fingerprint density at radius 1 is 1.32 bits per heavy atom. The van der Waals surface area contributed by atoms with Gasteiger partial charge in [-0.2, -0.15) is 0 Å². The molecule has 1 amide bonds. The Balaban J connectivity index is 1.94. The van der Waals surface area contributed by atoms with Crippen LogP contribution < -0.4 is 16.7 Å². The van der Waals surface area contributed by atoms with Gasteiger partial charge in [-0.05, 0) is 55.9 Å². The lowest BCUT2D eigenvalue weighted by molar-refractivity contribution is 0.0898. The minimum Gasteiger partial charge on any atom is -0.345 e. The SMILES string of the molecule is Cc1cc(=O)n(N)c(C)c1C(=O)N[C@H](c1cccc(F)c1)C1CCC1. The number of nitrogen functional groups attached to an aromatic ring is 1. The Bertz CT molecular complexity index is 871. The van der Waals surface area contributed by atoms with Crippen molar-refractivity contribution in [1.29, 1.82) is 0 Å². The molecular formula is C19H22FN3O2. The van der Waals surface area contributed by atoms with Gasteiger partial charge < -0.3 is 11.2 Å². The lowest BCUT2D eigenvalue weighted by Crippen LogP contribution is -2.39. The van der Waals surface area contributed by atoms with E-state index >= 15 is 0 Å². The lowest BCUT2D eigenvalue weighted by Gasteiger charge is -2.35. The maximum Gasteiger partial charge on any atom is 0.269 e. The van der Waals surface area contributed by atoms with Crippen LogP contribution in [0.25, 0.3) is 0 Å². The zero-order valence-corrected chi connectivity index (χ0v) is 14.4. The maximum absolute atomic E-state index is 13.6. The highest BCUT2D eigenvalue weighted by atomic mass is 19.1. The molecule has 1 saturated carbocycles. The Labute approximate surface area is 145 Å². The number of halogens is 1. The average molecular weight is 343 g/mol. The first kappa shape index (κ1) is 17.2. The number of nitrogens with two attached hydrogens (primary N) is 1. The molecule has 1 aliphatic carbocycles. The molecule has 6 heteroatoms. The number of nitrogens with one attached hydrogen (secondary N) is 1. The van der Waals surface area contributed by atoms with E-state index in [2.05, 4.69) is 5.32 Å². The second-order valence-electron chi connectivity index (χ2n) is 6.69. The van der Waals surface area contributed by atoms with Gasteiger partial charge in [0.15, 0.2) is 0 Å². The summed E-state index contributed by atoms with van der Waals surface area (Å²) in [5.74, 6) is 5.39. The molecule has 0 aliphatic heterocycles. The molecule has 3 rings (SSSR count). The van der Waals surface area contributed by atoms with Crippen molar-refractivity contribution in [3.05, 3.63) is 68.9 Å². The van der Waals surface area contributed by atoms with Gasteiger partial charge >= 0.3 is 0 Å². The number of aryl methyl sites for hydroxylation is 1. The summed E-state index contributed by atoms with van der Waals surface area (Å²) < 4.78 is 14.6. The molecule has 1 aliphatic rings. The Morgan fingerprint density at radius 2 is 2.04 bits per heavy atom. The molecule has 1 heterocycles. The summed E-state index contributed by atoms with van der Waals surface area (Å²) in [6.07, 6.45) is 3.10. The van der Waals surface area contributed by atoms with Crippen molar-refractivity contribution < 1.29 is 9.18 Å². The molecule has 1 atom stereocenters. The number of amides is 1. The smallest absolute Gasteiger partial charge is 0.269 e. The summed E-state index contributed by atoms with van der Waals surface area (Å²) in [4.78, 5) is 24.6. The molecule has 0 radical (unpaired) electrons. The van der Waals surface area contributed by atoms with Gasteiger partial charge in [-0.1, -0.05) is 18.6 Å². The van der Waals surface area contributed by atoms with Crippen molar-refractivity contribution in [2.24, 2.45) is 5.92 Å². The predicted octanol–water partition coefficient (Wildman–Crippen LogP) is 2.59. The first-order chi connectivity index (χ1) is 11.9. The lowest BCUT2D eigenvalue weighted by atomic mass is 9.77. The summed E-state index contributed by atoms with van der Waals surface area (Å²) in [6, 6.07) is 7.43. The normalized spacial score (nSPS) is 15.5. The topological polar surface area (TPSA) is 77.1 Å². The number of benzene rings is 1. The Kier molecular flexibility index (Phi) is 4.61. The van der Waals surface area contributed by atoms with Crippen LogP contribution in [0.3, 0.4) is 0 Å². The fourth-order valence-electron chi connectivity index (χ4n) is 3.40. The highest BCUT2D eigenvalue weighted by Crippen LogP contribution is 2.38. The van der Waals surface area contributed by atoms with E-state index in [-0.39, 0.29) is 29.2 Å². The minimum absolute atomic E-state index is 0.256. The molecule has 25 heavy (non-hydrogen) atoms. The van der Waals surface area contributed by atoms with E-state index in [1.54, 1.807) is 19.9 Å². The standard InChI is InChI=1S/C19H22FN3O2/c1-11-9-16(24)23(21)12(2)17(11)19(25)22-18(13-5-3-6-13)14-7-4-8-15(20)10-14/h4,7-10,13,18H,3,5-6,21H2,1-2H3,(H,22,25)/t18-/m0/s1. The van der Waals surface area contributed by atoms with Crippen LogP contribution in [0.2, 0.25) is 0 Å². The Hall–Kier alpha value is -2.63. The fraction of sp³-hybridized carbons (Fsp3) is 0.368. The Morgan fingerprint density at radius 3 is 2.64 bits per heavy atom. The average Bonchev–Trinajstić information content (AvgIpc) is 2.50. The van der Waals surface area contributed by atoms with E-state index in [1.165, 1.54) is 18.2 Å². The fourth-order valence-corrected chi connectivity index (χ4v) is 3.40. The minimum atomic E-state index is -0.354. The number of aromatic nitrogens is 1. The van der Waals surface area contributed by atoms with Gasteiger partial charge in [-0.25, -0.2) is 9.07 Å². The molecule has 1 aromatic heterocycles. The van der Waals surface area contributed by atoms with Crippen LogP contribution in [-0.4, -0.2) is 10.6 Å². The highest BCUT2D eigenvalue weighted by molar-refractivity contribution is 5.96. The van der Waals surface area contributed by atoms with Gasteiger partial charge in [-0.15, -0.1) is 0 Å². The molecule has 0 saturated heterocycles. The van der Waals surface area contributed by atoms with E-state index in [1.807, 2.05) is 6.07 Å². The highest BCUT2D eigenvalue weighted by Gasteiger charge is 2.31. The van der Waals surface area contributed by atoms with Crippen LogP contribution in [0.15, 0.2) is 35.1 Å². The molecule has 132 valence electrons. The molecule has 1 fully saturated rings. The van der Waals surface area contributed by atoms with Crippen LogP contribution in [0.5, 0.6) is 0 Å². The second kappa shape index (κ2) is 6.70.